The number of sulfonamides is 1. The summed E-state index contributed by atoms with van der Waals surface area (Å²) in [5.41, 5.74) is 0. The lowest BCUT2D eigenvalue weighted by atomic mass is 10.4. The smallest absolute Gasteiger partial charge is 0.240 e. The van der Waals surface area contributed by atoms with Crippen LogP contribution >= 0.6 is 11.3 Å². The highest BCUT2D eigenvalue weighted by Crippen LogP contribution is 2.12. The van der Waals surface area contributed by atoms with Crippen molar-refractivity contribution in [2.45, 2.75) is 18.2 Å². The number of benzene rings is 1. The van der Waals surface area contributed by atoms with Crippen molar-refractivity contribution in [2.24, 2.45) is 0 Å². The summed E-state index contributed by atoms with van der Waals surface area (Å²) < 4.78 is 26.4. The second-order valence-electron chi connectivity index (χ2n) is 3.83. The molecular weight excluding hydrogens is 268 g/mol. The summed E-state index contributed by atoms with van der Waals surface area (Å²) in [5.74, 6) is 0. The van der Waals surface area contributed by atoms with Gasteiger partial charge < -0.3 is 0 Å². The molecule has 2 rings (SSSR count). The number of nitrogens with zero attached hydrogens (tertiary/aromatic N) is 1. The summed E-state index contributed by atoms with van der Waals surface area (Å²) in [7, 11) is -3.40. The molecule has 6 heteroatoms. The molecular formula is C12H14N2O2S2. The molecule has 0 atom stereocenters. The Bertz CT molecular complexity index is 606. The first kappa shape index (κ1) is 13.2. The van der Waals surface area contributed by atoms with Crippen LogP contribution in [0, 0.1) is 6.92 Å². The van der Waals surface area contributed by atoms with Crippen LogP contribution in [0.3, 0.4) is 0 Å². The Balaban J connectivity index is 1.94. The van der Waals surface area contributed by atoms with Crippen molar-refractivity contribution in [3.8, 4) is 0 Å². The molecule has 0 bridgehead atoms. The normalized spacial score (nSPS) is 11.6. The molecule has 4 nitrogen and oxygen atoms in total. The first-order valence-electron chi connectivity index (χ1n) is 5.54. The molecule has 0 fully saturated rings. The van der Waals surface area contributed by atoms with E-state index < -0.39 is 10.0 Å². The van der Waals surface area contributed by atoms with E-state index in [1.807, 2.05) is 6.92 Å². The van der Waals surface area contributed by atoms with Gasteiger partial charge in [0.15, 0.2) is 0 Å². The van der Waals surface area contributed by atoms with Crippen LogP contribution in [-0.4, -0.2) is 19.9 Å². The van der Waals surface area contributed by atoms with Gasteiger partial charge in [-0.2, -0.15) is 0 Å². The van der Waals surface area contributed by atoms with Crippen molar-refractivity contribution in [3.05, 3.63) is 46.4 Å². The lowest BCUT2D eigenvalue weighted by molar-refractivity contribution is 0.581. The number of hydrogen-bond acceptors (Lipinski definition) is 4. The summed E-state index contributed by atoms with van der Waals surface area (Å²) in [6.45, 7) is 2.35. The van der Waals surface area contributed by atoms with Crippen LogP contribution in [-0.2, 0) is 16.4 Å². The minimum atomic E-state index is -3.40. The van der Waals surface area contributed by atoms with Gasteiger partial charge in [-0.15, -0.1) is 11.3 Å². The van der Waals surface area contributed by atoms with Crippen LogP contribution in [0.2, 0.25) is 0 Å². The third kappa shape index (κ3) is 3.38. The summed E-state index contributed by atoms with van der Waals surface area (Å²) in [5, 5.41) is 0.947. The molecule has 0 aliphatic carbocycles. The van der Waals surface area contributed by atoms with Crippen molar-refractivity contribution in [3.63, 3.8) is 0 Å². The second kappa shape index (κ2) is 5.60. The highest BCUT2D eigenvalue weighted by molar-refractivity contribution is 7.89. The van der Waals surface area contributed by atoms with Crippen molar-refractivity contribution >= 4 is 21.4 Å². The van der Waals surface area contributed by atoms with Gasteiger partial charge in [-0.25, -0.2) is 18.1 Å². The van der Waals surface area contributed by atoms with Gasteiger partial charge in [-0.3, -0.25) is 0 Å². The molecule has 0 unspecified atom stereocenters. The first-order valence-corrected chi connectivity index (χ1v) is 7.84. The zero-order chi connectivity index (χ0) is 13.0. The maximum Gasteiger partial charge on any atom is 0.240 e. The monoisotopic (exact) mass is 282 g/mol. The standard InChI is InChI=1S/C12H14N2O2S2/c1-10-9-13-12(17-10)7-8-14-18(15,16)11-5-3-2-4-6-11/h2-6,9,14H,7-8H2,1H3. The number of rotatable bonds is 5. The second-order valence-corrected chi connectivity index (χ2v) is 6.91. The molecule has 18 heavy (non-hydrogen) atoms. The zero-order valence-corrected chi connectivity index (χ0v) is 11.6. The highest BCUT2D eigenvalue weighted by Gasteiger charge is 2.12. The minimum Gasteiger partial charge on any atom is -0.249 e. The summed E-state index contributed by atoms with van der Waals surface area (Å²) >= 11 is 1.59. The van der Waals surface area contributed by atoms with Crippen molar-refractivity contribution in [1.29, 1.82) is 0 Å². The Morgan fingerprint density at radius 1 is 1.28 bits per heavy atom. The highest BCUT2D eigenvalue weighted by atomic mass is 32.2. The van der Waals surface area contributed by atoms with Crippen LogP contribution < -0.4 is 4.72 Å². The Morgan fingerprint density at radius 3 is 2.61 bits per heavy atom. The van der Waals surface area contributed by atoms with Crippen LogP contribution in [0.25, 0.3) is 0 Å². The van der Waals surface area contributed by atoms with E-state index in [-0.39, 0.29) is 0 Å². The first-order chi connectivity index (χ1) is 8.58. The molecule has 1 heterocycles. The molecule has 0 spiro atoms. The predicted octanol–water partition coefficient (Wildman–Crippen LogP) is 1.97. The van der Waals surface area contributed by atoms with E-state index in [1.54, 1.807) is 47.9 Å². The molecule has 0 aliphatic rings. The van der Waals surface area contributed by atoms with E-state index in [4.69, 9.17) is 0 Å². The quantitative estimate of drug-likeness (QED) is 0.912. The number of aromatic nitrogens is 1. The maximum atomic E-state index is 11.9. The van der Waals surface area contributed by atoms with Crippen molar-refractivity contribution < 1.29 is 8.42 Å². The van der Waals surface area contributed by atoms with Gasteiger partial charge in [0.1, 0.15) is 0 Å². The summed E-state index contributed by atoms with van der Waals surface area (Å²) in [6.07, 6.45) is 2.41. The van der Waals surface area contributed by atoms with E-state index >= 15 is 0 Å². The Labute approximate surface area is 111 Å². The van der Waals surface area contributed by atoms with Gasteiger partial charge in [0, 0.05) is 24.0 Å². The fourth-order valence-electron chi connectivity index (χ4n) is 1.49. The van der Waals surface area contributed by atoms with Crippen LogP contribution in [0.4, 0.5) is 0 Å². The third-order valence-corrected chi connectivity index (χ3v) is 4.80. The van der Waals surface area contributed by atoms with Gasteiger partial charge in [-0.1, -0.05) is 18.2 Å². The third-order valence-electron chi connectivity index (χ3n) is 2.35. The molecule has 2 aromatic rings. The van der Waals surface area contributed by atoms with E-state index in [0.717, 1.165) is 9.88 Å². The zero-order valence-electron chi connectivity index (χ0n) is 9.96. The fraction of sp³-hybridized carbons (Fsp3) is 0.250. The predicted molar refractivity (Wildman–Crippen MR) is 72.2 cm³/mol. The van der Waals surface area contributed by atoms with Crippen molar-refractivity contribution in [1.82, 2.24) is 9.71 Å². The maximum absolute atomic E-state index is 11.9. The number of nitrogens with one attached hydrogen (secondary N) is 1. The Kier molecular flexibility index (Phi) is 4.11. The van der Waals surface area contributed by atoms with E-state index in [9.17, 15) is 8.42 Å². The van der Waals surface area contributed by atoms with Gasteiger partial charge in [0.2, 0.25) is 10.0 Å². The molecule has 0 amide bonds. The van der Waals surface area contributed by atoms with E-state index in [2.05, 4.69) is 9.71 Å². The van der Waals surface area contributed by atoms with Gasteiger partial charge in [0.25, 0.3) is 0 Å². The Hall–Kier alpha value is -1.24. The largest absolute Gasteiger partial charge is 0.249 e. The summed E-state index contributed by atoms with van der Waals surface area (Å²) in [4.78, 5) is 5.62. The van der Waals surface area contributed by atoms with Crippen molar-refractivity contribution in [2.75, 3.05) is 6.54 Å². The average Bonchev–Trinajstić information content (AvgIpc) is 2.76. The number of hydrogen-bond donors (Lipinski definition) is 1. The van der Waals surface area contributed by atoms with Crippen LogP contribution in [0.1, 0.15) is 9.88 Å². The Morgan fingerprint density at radius 2 is 2.00 bits per heavy atom. The molecule has 96 valence electrons. The van der Waals surface area contributed by atoms with Gasteiger partial charge >= 0.3 is 0 Å². The lowest BCUT2D eigenvalue weighted by Gasteiger charge is -2.05. The van der Waals surface area contributed by atoms with Crippen LogP contribution in [0.15, 0.2) is 41.4 Å². The molecule has 0 saturated heterocycles. The topological polar surface area (TPSA) is 59.1 Å². The number of thiazole rings is 1. The SMILES string of the molecule is Cc1cnc(CCNS(=O)(=O)c2ccccc2)s1. The van der Waals surface area contributed by atoms with E-state index in [0.29, 0.717) is 17.9 Å². The average molecular weight is 282 g/mol. The molecule has 0 radical (unpaired) electrons. The van der Waals surface area contributed by atoms with Gasteiger partial charge in [0.05, 0.1) is 9.90 Å². The molecule has 1 aromatic carbocycles. The molecule has 1 N–H and O–H groups in total. The molecule has 0 aliphatic heterocycles. The lowest BCUT2D eigenvalue weighted by Crippen LogP contribution is -2.25. The van der Waals surface area contributed by atoms with E-state index in [1.165, 1.54) is 0 Å². The summed E-state index contributed by atoms with van der Waals surface area (Å²) in [6, 6.07) is 8.36. The molecule has 0 saturated carbocycles. The minimum absolute atomic E-state index is 0.292. The molecule has 1 aromatic heterocycles. The van der Waals surface area contributed by atoms with Crippen LogP contribution in [0.5, 0.6) is 0 Å². The number of aryl methyl sites for hydroxylation is 1. The fourth-order valence-corrected chi connectivity index (χ4v) is 3.33. The van der Waals surface area contributed by atoms with Gasteiger partial charge in [-0.05, 0) is 19.1 Å².